The molecule has 1 atom stereocenters. The highest BCUT2D eigenvalue weighted by Gasteiger charge is 2.25. The number of hydrogen-bond acceptors (Lipinski definition) is 6. The van der Waals surface area contributed by atoms with Crippen LogP contribution < -0.4 is 5.56 Å². The van der Waals surface area contributed by atoms with Gasteiger partial charge < -0.3 is 15.2 Å². The number of nitrogens with one attached hydrogen (secondary N) is 1. The van der Waals surface area contributed by atoms with Crippen molar-refractivity contribution in [3.8, 4) is 0 Å². The Labute approximate surface area is 127 Å². The van der Waals surface area contributed by atoms with Gasteiger partial charge in [0.05, 0.1) is 25.5 Å². The second-order valence-electron chi connectivity index (χ2n) is 5.88. The summed E-state index contributed by atoms with van der Waals surface area (Å²) >= 11 is 0. The molecule has 1 fully saturated rings. The molecule has 0 aromatic carbocycles. The number of aliphatic hydroxyl groups excluding tert-OH is 2. The van der Waals surface area contributed by atoms with Crippen LogP contribution in [0.2, 0.25) is 0 Å². The Hall–Kier alpha value is -1.77. The van der Waals surface area contributed by atoms with Crippen molar-refractivity contribution in [2.45, 2.75) is 25.5 Å². The van der Waals surface area contributed by atoms with Gasteiger partial charge in [-0.05, 0) is 31.8 Å². The zero-order chi connectivity index (χ0) is 15.7. The molecule has 1 aliphatic rings. The van der Waals surface area contributed by atoms with E-state index in [2.05, 4.69) is 20.0 Å². The van der Waals surface area contributed by atoms with E-state index in [-0.39, 0.29) is 18.1 Å². The van der Waals surface area contributed by atoms with E-state index >= 15 is 0 Å². The van der Waals surface area contributed by atoms with Gasteiger partial charge in [0, 0.05) is 7.05 Å². The van der Waals surface area contributed by atoms with Gasteiger partial charge in [0.1, 0.15) is 11.2 Å². The summed E-state index contributed by atoms with van der Waals surface area (Å²) in [5, 5.41) is 23.2. The molecule has 120 valence electrons. The summed E-state index contributed by atoms with van der Waals surface area (Å²) in [5.74, 6) is 0.773. The summed E-state index contributed by atoms with van der Waals surface area (Å²) in [7, 11) is 1.76. The monoisotopic (exact) mass is 307 g/mol. The van der Waals surface area contributed by atoms with Gasteiger partial charge in [-0.15, -0.1) is 0 Å². The molecule has 0 saturated carbocycles. The third kappa shape index (κ3) is 2.90. The highest BCUT2D eigenvalue weighted by atomic mass is 16.3. The lowest BCUT2D eigenvalue weighted by molar-refractivity contribution is 0.0168. The van der Waals surface area contributed by atoms with Gasteiger partial charge in [-0.2, -0.15) is 5.10 Å². The van der Waals surface area contributed by atoms with Gasteiger partial charge in [0.25, 0.3) is 5.56 Å². The zero-order valence-electron chi connectivity index (χ0n) is 12.6. The third-order valence-corrected chi connectivity index (χ3v) is 4.39. The average Bonchev–Trinajstić information content (AvgIpc) is 2.89. The molecule has 1 aliphatic heterocycles. The summed E-state index contributed by atoms with van der Waals surface area (Å²) in [6.45, 7) is 2.01. The molecule has 2 aromatic rings. The topological polar surface area (TPSA) is 107 Å². The van der Waals surface area contributed by atoms with Crippen LogP contribution in [0.25, 0.3) is 11.0 Å². The molecule has 0 spiro atoms. The molecule has 22 heavy (non-hydrogen) atoms. The van der Waals surface area contributed by atoms with Crippen LogP contribution >= 0.6 is 0 Å². The zero-order valence-corrected chi connectivity index (χ0v) is 12.6. The Morgan fingerprint density at radius 2 is 2.18 bits per heavy atom. The normalized spacial score (nSPS) is 18.9. The predicted octanol–water partition coefficient (Wildman–Crippen LogP) is -0.778. The fourth-order valence-corrected chi connectivity index (χ4v) is 3.01. The van der Waals surface area contributed by atoms with Crippen molar-refractivity contribution in [3.63, 3.8) is 0 Å². The SMILES string of the molecule is Cn1ncc2c(=O)[nH]c(CN3CCC(C(O)CO)CC3)nc21. The van der Waals surface area contributed by atoms with Crippen LogP contribution in [0.5, 0.6) is 0 Å². The minimum absolute atomic E-state index is 0.146. The Morgan fingerprint density at radius 1 is 1.45 bits per heavy atom. The summed E-state index contributed by atoms with van der Waals surface area (Å²) in [6, 6.07) is 0. The lowest BCUT2D eigenvalue weighted by atomic mass is 9.91. The molecule has 8 nitrogen and oxygen atoms in total. The number of likely N-dealkylation sites (tertiary alicyclic amines) is 1. The summed E-state index contributed by atoms with van der Waals surface area (Å²) < 4.78 is 1.60. The van der Waals surface area contributed by atoms with Crippen molar-refractivity contribution in [2.24, 2.45) is 13.0 Å². The lowest BCUT2D eigenvalue weighted by Gasteiger charge is -2.33. The van der Waals surface area contributed by atoms with E-state index in [1.165, 1.54) is 6.20 Å². The standard InChI is InChI=1S/C14H21N5O3/c1-18-13-10(6-15-18)14(22)17-12(16-13)7-19-4-2-9(3-5-19)11(21)8-20/h6,9,11,20-21H,2-5,7-8H2,1H3,(H,16,17,22). The number of H-pyrrole nitrogens is 1. The van der Waals surface area contributed by atoms with E-state index in [1.807, 2.05) is 0 Å². The summed E-state index contributed by atoms with van der Waals surface area (Å²) in [4.78, 5) is 21.5. The minimum Gasteiger partial charge on any atom is -0.394 e. The fraction of sp³-hybridized carbons (Fsp3) is 0.643. The summed E-state index contributed by atoms with van der Waals surface area (Å²) in [6.07, 6.45) is 2.55. The fourth-order valence-electron chi connectivity index (χ4n) is 3.01. The van der Waals surface area contributed by atoms with Gasteiger partial charge in [-0.3, -0.25) is 14.4 Å². The van der Waals surface area contributed by atoms with Gasteiger partial charge in [-0.1, -0.05) is 0 Å². The molecule has 3 heterocycles. The Bertz CT molecular complexity index is 702. The van der Waals surface area contributed by atoms with Crippen molar-refractivity contribution in [2.75, 3.05) is 19.7 Å². The highest BCUT2D eigenvalue weighted by molar-refractivity contribution is 5.72. The maximum absolute atomic E-state index is 12.0. The molecule has 3 N–H and O–H groups in total. The molecular formula is C14H21N5O3. The molecule has 2 aromatic heterocycles. The number of aliphatic hydroxyl groups is 2. The van der Waals surface area contributed by atoms with Crippen molar-refractivity contribution in [1.29, 1.82) is 0 Å². The molecule has 3 rings (SSSR count). The second kappa shape index (κ2) is 6.15. The van der Waals surface area contributed by atoms with Crippen LogP contribution in [0.4, 0.5) is 0 Å². The van der Waals surface area contributed by atoms with E-state index in [0.717, 1.165) is 25.9 Å². The number of aryl methyl sites for hydroxylation is 1. The average molecular weight is 307 g/mol. The number of nitrogens with zero attached hydrogens (tertiary/aromatic N) is 4. The highest BCUT2D eigenvalue weighted by Crippen LogP contribution is 2.21. The summed E-state index contributed by atoms with van der Waals surface area (Å²) in [5.41, 5.74) is 0.419. The van der Waals surface area contributed by atoms with Crippen LogP contribution in [0.1, 0.15) is 18.7 Å². The maximum Gasteiger partial charge on any atom is 0.262 e. The first-order valence-corrected chi connectivity index (χ1v) is 7.50. The van der Waals surface area contributed by atoms with Gasteiger partial charge in [-0.25, -0.2) is 4.98 Å². The van der Waals surface area contributed by atoms with Gasteiger partial charge >= 0.3 is 0 Å². The Kier molecular flexibility index (Phi) is 4.23. The first kappa shape index (κ1) is 15.1. The molecule has 1 unspecified atom stereocenters. The number of fused-ring (bicyclic) bond motifs is 1. The number of aromatic amines is 1. The first-order valence-electron chi connectivity index (χ1n) is 7.50. The first-order chi connectivity index (χ1) is 10.6. The molecule has 0 aliphatic carbocycles. The van der Waals surface area contributed by atoms with Crippen LogP contribution in [-0.2, 0) is 13.6 Å². The van der Waals surface area contributed by atoms with E-state index < -0.39 is 6.10 Å². The molecule has 0 amide bonds. The smallest absolute Gasteiger partial charge is 0.262 e. The molecule has 1 saturated heterocycles. The van der Waals surface area contributed by atoms with E-state index in [4.69, 9.17) is 5.11 Å². The Morgan fingerprint density at radius 3 is 2.86 bits per heavy atom. The lowest BCUT2D eigenvalue weighted by Crippen LogP contribution is -2.39. The van der Waals surface area contributed by atoms with Gasteiger partial charge in [0.15, 0.2) is 5.65 Å². The minimum atomic E-state index is -0.633. The molecule has 0 bridgehead atoms. The molecule has 8 heteroatoms. The van der Waals surface area contributed by atoms with E-state index in [0.29, 0.717) is 23.4 Å². The Balaban J connectivity index is 1.69. The van der Waals surface area contributed by atoms with Crippen LogP contribution in [0.15, 0.2) is 11.0 Å². The molecule has 0 radical (unpaired) electrons. The number of piperidine rings is 1. The van der Waals surface area contributed by atoms with Gasteiger partial charge in [0.2, 0.25) is 0 Å². The molecular weight excluding hydrogens is 286 g/mol. The number of aromatic nitrogens is 4. The van der Waals surface area contributed by atoms with Crippen molar-refractivity contribution >= 4 is 11.0 Å². The van der Waals surface area contributed by atoms with E-state index in [1.54, 1.807) is 11.7 Å². The maximum atomic E-state index is 12.0. The van der Waals surface area contributed by atoms with Crippen molar-refractivity contribution in [3.05, 3.63) is 22.4 Å². The van der Waals surface area contributed by atoms with E-state index in [9.17, 15) is 9.90 Å². The van der Waals surface area contributed by atoms with Crippen molar-refractivity contribution < 1.29 is 10.2 Å². The van der Waals surface area contributed by atoms with Crippen LogP contribution in [-0.4, -0.2) is 60.7 Å². The number of rotatable bonds is 4. The largest absolute Gasteiger partial charge is 0.394 e. The quantitative estimate of drug-likeness (QED) is 0.684. The number of hydrogen-bond donors (Lipinski definition) is 3. The predicted molar refractivity (Wildman–Crippen MR) is 80.2 cm³/mol. The third-order valence-electron chi connectivity index (χ3n) is 4.39. The van der Waals surface area contributed by atoms with Crippen LogP contribution in [0, 0.1) is 5.92 Å². The van der Waals surface area contributed by atoms with Crippen LogP contribution in [0.3, 0.4) is 0 Å². The second-order valence-corrected chi connectivity index (χ2v) is 5.88. The van der Waals surface area contributed by atoms with Crippen molar-refractivity contribution in [1.82, 2.24) is 24.6 Å².